The van der Waals surface area contributed by atoms with Gasteiger partial charge in [0.1, 0.15) is 0 Å². The lowest BCUT2D eigenvalue weighted by molar-refractivity contribution is 0.0908. The topological polar surface area (TPSA) is 67.2 Å². The molecule has 0 spiro atoms. The second-order valence-corrected chi connectivity index (χ2v) is 10.5. The number of carbonyl (C=O) groups is 2. The first-order valence-corrected chi connectivity index (χ1v) is 12.0. The molecule has 1 unspecified atom stereocenters. The Morgan fingerprint density at radius 2 is 1.97 bits per heavy atom. The third-order valence-corrected chi connectivity index (χ3v) is 6.77. The van der Waals surface area contributed by atoms with Gasteiger partial charge in [0.2, 0.25) is 0 Å². The number of aryl methyl sites for hydroxylation is 1. The van der Waals surface area contributed by atoms with E-state index in [1.165, 1.54) is 25.9 Å². The summed E-state index contributed by atoms with van der Waals surface area (Å²) in [6.45, 7) is 12.6. The van der Waals surface area contributed by atoms with E-state index in [0.717, 1.165) is 47.9 Å². The number of likely N-dealkylation sites (tertiary alicyclic amines) is 1. The van der Waals surface area contributed by atoms with Crippen molar-refractivity contribution < 1.29 is 9.59 Å². The molecule has 1 aromatic heterocycles. The van der Waals surface area contributed by atoms with Crippen LogP contribution in [0.1, 0.15) is 78.6 Å². The zero-order valence-electron chi connectivity index (χ0n) is 19.9. The van der Waals surface area contributed by atoms with Crippen molar-refractivity contribution in [2.75, 3.05) is 26.2 Å². The fraction of sp³-hybridized carbons (Fsp3) is 0.577. The number of ketones is 1. The van der Waals surface area contributed by atoms with Crippen molar-refractivity contribution >= 4 is 11.7 Å². The predicted molar refractivity (Wildman–Crippen MR) is 127 cm³/mol. The minimum absolute atomic E-state index is 0.0430. The molecule has 2 aromatic rings. The summed E-state index contributed by atoms with van der Waals surface area (Å²) in [6, 6.07) is 7.53. The van der Waals surface area contributed by atoms with Gasteiger partial charge in [-0.2, -0.15) is 5.10 Å². The molecule has 172 valence electrons. The summed E-state index contributed by atoms with van der Waals surface area (Å²) in [5.74, 6) is 0.916. The van der Waals surface area contributed by atoms with Gasteiger partial charge < -0.3 is 10.2 Å². The summed E-state index contributed by atoms with van der Waals surface area (Å²) in [5, 5.41) is 7.70. The van der Waals surface area contributed by atoms with E-state index in [0.29, 0.717) is 18.5 Å². The zero-order valence-corrected chi connectivity index (χ0v) is 19.9. The molecular weight excluding hydrogens is 400 g/mol. The largest absolute Gasteiger partial charge is 0.352 e. The number of piperidine rings is 1. The first kappa shape index (κ1) is 22.7. The third-order valence-electron chi connectivity index (χ3n) is 6.77. The first-order valence-electron chi connectivity index (χ1n) is 12.0. The Morgan fingerprint density at radius 3 is 2.69 bits per heavy atom. The maximum Gasteiger partial charge on any atom is 0.251 e. The number of rotatable bonds is 6. The Bertz CT molecular complexity index is 990. The highest BCUT2D eigenvalue weighted by Crippen LogP contribution is 2.36. The molecule has 1 aromatic carbocycles. The smallest absolute Gasteiger partial charge is 0.251 e. The van der Waals surface area contributed by atoms with Crippen LogP contribution in [0.15, 0.2) is 24.3 Å². The first-order chi connectivity index (χ1) is 15.2. The number of carbonyl (C=O) groups excluding carboxylic acids is 2. The molecule has 32 heavy (non-hydrogen) atoms. The average Bonchev–Trinajstić information content (AvgIpc) is 3.06. The highest BCUT2D eigenvalue weighted by molar-refractivity contribution is 6.00. The van der Waals surface area contributed by atoms with Crippen LogP contribution in [0.4, 0.5) is 0 Å². The van der Waals surface area contributed by atoms with Crippen molar-refractivity contribution in [3.05, 3.63) is 46.8 Å². The zero-order chi connectivity index (χ0) is 22.9. The summed E-state index contributed by atoms with van der Waals surface area (Å²) >= 11 is 0. The molecule has 1 saturated heterocycles. The van der Waals surface area contributed by atoms with Gasteiger partial charge in [-0.25, -0.2) is 4.68 Å². The molecule has 2 heterocycles. The molecule has 6 heteroatoms. The van der Waals surface area contributed by atoms with E-state index in [1.807, 2.05) is 35.9 Å². The number of aromatic nitrogens is 2. The lowest BCUT2D eigenvalue weighted by Crippen LogP contribution is -2.36. The van der Waals surface area contributed by atoms with Crippen LogP contribution < -0.4 is 5.32 Å². The Kier molecular flexibility index (Phi) is 6.52. The fourth-order valence-corrected chi connectivity index (χ4v) is 5.20. The average molecular weight is 437 g/mol. The molecule has 1 N–H and O–H groups in total. The highest BCUT2D eigenvalue weighted by atomic mass is 16.1. The molecule has 0 saturated carbocycles. The van der Waals surface area contributed by atoms with Crippen LogP contribution in [0.25, 0.3) is 5.69 Å². The number of fused-ring (bicyclic) bond motifs is 1. The minimum atomic E-state index is -0.0691. The lowest BCUT2D eigenvalue weighted by Gasteiger charge is -2.30. The Hall–Kier alpha value is -2.47. The van der Waals surface area contributed by atoms with Gasteiger partial charge in [-0.3, -0.25) is 9.59 Å². The van der Waals surface area contributed by atoms with Crippen molar-refractivity contribution in [3.8, 4) is 5.69 Å². The van der Waals surface area contributed by atoms with Crippen molar-refractivity contribution in [3.63, 3.8) is 0 Å². The number of hydrogen-bond acceptors (Lipinski definition) is 4. The number of nitrogens with zero attached hydrogens (tertiary/aromatic N) is 3. The molecular formula is C26H36N4O2. The van der Waals surface area contributed by atoms with Gasteiger partial charge in [0.25, 0.3) is 5.91 Å². The number of Topliss-reactive ketones (excluding diaryl/α,β-unsaturated/α-hetero) is 1. The van der Waals surface area contributed by atoms with Crippen LogP contribution in [0.2, 0.25) is 0 Å². The number of amides is 1. The van der Waals surface area contributed by atoms with Gasteiger partial charge >= 0.3 is 0 Å². The van der Waals surface area contributed by atoms with Gasteiger partial charge in [-0.15, -0.1) is 0 Å². The van der Waals surface area contributed by atoms with Crippen LogP contribution in [0.5, 0.6) is 0 Å². The van der Waals surface area contributed by atoms with Crippen LogP contribution in [0.3, 0.4) is 0 Å². The molecule has 0 radical (unpaired) electrons. The second-order valence-electron chi connectivity index (χ2n) is 10.5. The van der Waals surface area contributed by atoms with E-state index in [2.05, 4.69) is 36.1 Å². The Balaban J connectivity index is 1.37. The van der Waals surface area contributed by atoms with Gasteiger partial charge in [-0.1, -0.05) is 20.8 Å². The standard InChI is InChI=1S/C26H36N4O2/c1-18-7-5-13-29(17-18)14-6-12-27-25(32)20-8-10-21(11-9-20)30-22-15-26(3,4)16-23(31)24(22)19(2)28-30/h8-11,18H,5-7,12-17H2,1-4H3,(H,27,32). The van der Waals surface area contributed by atoms with E-state index in [4.69, 9.17) is 0 Å². The summed E-state index contributed by atoms with van der Waals surface area (Å²) < 4.78 is 1.88. The summed E-state index contributed by atoms with van der Waals surface area (Å²) in [6.07, 6.45) is 4.96. The molecule has 1 fully saturated rings. The number of benzene rings is 1. The monoisotopic (exact) mass is 436 g/mol. The molecule has 1 amide bonds. The molecule has 4 rings (SSSR count). The summed E-state index contributed by atoms with van der Waals surface area (Å²) in [4.78, 5) is 27.7. The molecule has 0 bridgehead atoms. The van der Waals surface area contributed by atoms with Gasteiger partial charge in [-0.05, 0) is 81.3 Å². The van der Waals surface area contributed by atoms with E-state index >= 15 is 0 Å². The SMILES string of the molecule is Cc1nn(-c2ccc(C(=O)NCCCN3CCCC(C)C3)cc2)c2c1C(=O)CC(C)(C)C2. The van der Waals surface area contributed by atoms with Crippen LogP contribution >= 0.6 is 0 Å². The van der Waals surface area contributed by atoms with Crippen LogP contribution in [0, 0.1) is 18.3 Å². The van der Waals surface area contributed by atoms with E-state index in [9.17, 15) is 9.59 Å². The maximum atomic E-state index is 12.6. The normalized spacial score (nSPS) is 20.8. The van der Waals surface area contributed by atoms with Crippen molar-refractivity contribution in [1.29, 1.82) is 0 Å². The van der Waals surface area contributed by atoms with Gasteiger partial charge in [0.15, 0.2) is 5.78 Å². The molecule has 1 aliphatic heterocycles. The second kappa shape index (κ2) is 9.18. The maximum absolute atomic E-state index is 12.6. The van der Waals surface area contributed by atoms with Gasteiger partial charge in [0.05, 0.1) is 22.6 Å². The number of nitrogens with one attached hydrogen (secondary N) is 1. The van der Waals surface area contributed by atoms with Crippen molar-refractivity contribution in [2.45, 2.75) is 59.8 Å². The van der Waals surface area contributed by atoms with Crippen LogP contribution in [-0.4, -0.2) is 52.5 Å². The molecule has 6 nitrogen and oxygen atoms in total. The molecule has 2 aliphatic rings. The van der Waals surface area contributed by atoms with Crippen LogP contribution in [-0.2, 0) is 6.42 Å². The fourth-order valence-electron chi connectivity index (χ4n) is 5.20. The Morgan fingerprint density at radius 1 is 1.22 bits per heavy atom. The summed E-state index contributed by atoms with van der Waals surface area (Å²) in [7, 11) is 0. The van der Waals surface area contributed by atoms with Crippen molar-refractivity contribution in [1.82, 2.24) is 20.0 Å². The lowest BCUT2D eigenvalue weighted by atomic mass is 9.75. The van der Waals surface area contributed by atoms with E-state index in [1.54, 1.807) is 0 Å². The Labute approximate surface area is 191 Å². The molecule has 1 aliphatic carbocycles. The predicted octanol–water partition coefficient (Wildman–Crippen LogP) is 4.19. The summed E-state index contributed by atoms with van der Waals surface area (Å²) in [5.41, 5.74) is 4.00. The highest BCUT2D eigenvalue weighted by Gasteiger charge is 2.35. The minimum Gasteiger partial charge on any atom is -0.352 e. The van der Waals surface area contributed by atoms with Crippen molar-refractivity contribution in [2.24, 2.45) is 11.3 Å². The molecule has 1 atom stereocenters. The van der Waals surface area contributed by atoms with E-state index in [-0.39, 0.29) is 17.1 Å². The quantitative estimate of drug-likeness (QED) is 0.690. The number of hydrogen-bond donors (Lipinski definition) is 1. The third kappa shape index (κ3) is 4.96. The van der Waals surface area contributed by atoms with Gasteiger partial charge in [0, 0.05) is 25.1 Å². The van der Waals surface area contributed by atoms with E-state index < -0.39 is 0 Å².